The van der Waals surface area contributed by atoms with Gasteiger partial charge >= 0.3 is 0 Å². The van der Waals surface area contributed by atoms with Crippen molar-refractivity contribution in [2.75, 3.05) is 18.4 Å². The number of hydrogen-bond donors (Lipinski definition) is 1. The minimum Gasteiger partial charge on any atom is -0.333 e. The van der Waals surface area contributed by atoms with Crippen molar-refractivity contribution in [2.45, 2.75) is 79.2 Å². The SMILES string of the molecule is CC(C)CN(CC(=O)Nc1cc(C(C)(C)C)nn1C(C)(C)C)C(=O)C1CC1. The first kappa shape index (κ1) is 21.5. The lowest BCUT2D eigenvalue weighted by atomic mass is 9.92. The molecule has 0 aromatic carbocycles. The predicted octanol–water partition coefficient (Wildman–Crippen LogP) is 3.77. The first-order chi connectivity index (χ1) is 12.3. The van der Waals surface area contributed by atoms with Crippen LogP contribution in [0.15, 0.2) is 6.07 Å². The van der Waals surface area contributed by atoms with Gasteiger partial charge in [0, 0.05) is 23.9 Å². The number of carbonyl (C=O) groups excluding carboxylic acids is 2. The molecule has 0 saturated heterocycles. The average Bonchev–Trinajstić information content (AvgIpc) is 3.23. The zero-order valence-corrected chi connectivity index (χ0v) is 18.2. The fourth-order valence-corrected chi connectivity index (χ4v) is 2.97. The standard InChI is InChI=1S/C21H36N4O2/c1-14(2)12-24(19(27)15-9-10-15)13-18(26)22-17-11-16(20(3,4)5)23-25(17)21(6,7)8/h11,14-15H,9-10,12-13H2,1-8H3,(H,22,26). The third-order valence-electron chi connectivity index (χ3n) is 4.54. The van der Waals surface area contributed by atoms with Crippen molar-refractivity contribution in [3.63, 3.8) is 0 Å². The highest BCUT2D eigenvalue weighted by atomic mass is 16.2. The Hall–Kier alpha value is -1.85. The molecule has 0 radical (unpaired) electrons. The smallest absolute Gasteiger partial charge is 0.245 e. The molecule has 1 heterocycles. The summed E-state index contributed by atoms with van der Waals surface area (Å²) in [5.74, 6) is 1.06. The number of aromatic nitrogens is 2. The molecule has 1 aliphatic carbocycles. The van der Waals surface area contributed by atoms with Crippen LogP contribution in [0.4, 0.5) is 5.82 Å². The van der Waals surface area contributed by atoms with Crippen molar-refractivity contribution < 1.29 is 9.59 Å². The molecule has 0 atom stereocenters. The van der Waals surface area contributed by atoms with Crippen LogP contribution in [0, 0.1) is 11.8 Å². The first-order valence-electron chi connectivity index (χ1n) is 9.98. The second-order valence-corrected chi connectivity index (χ2v) is 10.2. The van der Waals surface area contributed by atoms with E-state index >= 15 is 0 Å². The Morgan fingerprint density at radius 1 is 1.22 bits per heavy atom. The van der Waals surface area contributed by atoms with E-state index < -0.39 is 0 Å². The Morgan fingerprint density at radius 3 is 2.26 bits per heavy atom. The molecule has 2 amide bonds. The normalized spacial score (nSPS) is 15.1. The molecule has 152 valence electrons. The summed E-state index contributed by atoms with van der Waals surface area (Å²) in [6.45, 7) is 17.3. The highest BCUT2D eigenvalue weighted by molar-refractivity contribution is 5.94. The lowest BCUT2D eigenvalue weighted by Gasteiger charge is -2.25. The molecule has 6 nitrogen and oxygen atoms in total. The molecular weight excluding hydrogens is 340 g/mol. The lowest BCUT2D eigenvalue weighted by molar-refractivity contribution is -0.136. The van der Waals surface area contributed by atoms with E-state index in [0.29, 0.717) is 18.3 Å². The van der Waals surface area contributed by atoms with Gasteiger partial charge in [-0.1, -0.05) is 34.6 Å². The van der Waals surface area contributed by atoms with Gasteiger partial charge in [-0.2, -0.15) is 5.10 Å². The van der Waals surface area contributed by atoms with E-state index in [-0.39, 0.29) is 35.2 Å². The fraction of sp³-hybridized carbons (Fsp3) is 0.762. The van der Waals surface area contributed by atoms with Gasteiger partial charge in [-0.15, -0.1) is 0 Å². The molecule has 1 aromatic rings. The van der Waals surface area contributed by atoms with E-state index in [1.807, 2.05) is 10.7 Å². The predicted molar refractivity (Wildman–Crippen MR) is 109 cm³/mol. The van der Waals surface area contributed by atoms with Gasteiger partial charge in [0.15, 0.2) is 0 Å². The van der Waals surface area contributed by atoms with Crippen molar-refractivity contribution in [1.82, 2.24) is 14.7 Å². The molecule has 1 N–H and O–H groups in total. The molecule has 0 spiro atoms. The Labute approximate surface area is 163 Å². The van der Waals surface area contributed by atoms with E-state index in [4.69, 9.17) is 5.10 Å². The summed E-state index contributed by atoms with van der Waals surface area (Å²) in [5.41, 5.74) is 0.565. The number of amides is 2. The maximum atomic E-state index is 12.7. The van der Waals surface area contributed by atoms with E-state index in [1.165, 1.54) is 0 Å². The summed E-state index contributed by atoms with van der Waals surface area (Å²) in [4.78, 5) is 27.0. The van der Waals surface area contributed by atoms with Crippen molar-refractivity contribution >= 4 is 17.6 Å². The van der Waals surface area contributed by atoms with Crippen LogP contribution >= 0.6 is 0 Å². The summed E-state index contributed by atoms with van der Waals surface area (Å²) in [6.07, 6.45) is 1.89. The van der Waals surface area contributed by atoms with E-state index in [0.717, 1.165) is 18.5 Å². The van der Waals surface area contributed by atoms with Crippen LogP contribution in [0.5, 0.6) is 0 Å². The Balaban J connectivity index is 2.18. The fourth-order valence-electron chi connectivity index (χ4n) is 2.97. The molecule has 0 bridgehead atoms. The highest BCUT2D eigenvalue weighted by Gasteiger charge is 2.34. The molecule has 1 aromatic heterocycles. The third-order valence-corrected chi connectivity index (χ3v) is 4.54. The van der Waals surface area contributed by atoms with Crippen molar-refractivity contribution in [2.24, 2.45) is 11.8 Å². The molecule has 1 aliphatic rings. The largest absolute Gasteiger partial charge is 0.333 e. The van der Waals surface area contributed by atoms with Crippen LogP contribution in [-0.2, 0) is 20.5 Å². The van der Waals surface area contributed by atoms with Crippen LogP contribution in [-0.4, -0.2) is 39.6 Å². The minimum atomic E-state index is -0.256. The summed E-state index contributed by atoms with van der Waals surface area (Å²) >= 11 is 0. The minimum absolute atomic E-state index is 0.0910. The summed E-state index contributed by atoms with van der Waals surface area (Å²) in [7, 11) is 0. The number of rotatable bonds is 6. The second kappa shape index (κ2) is 7.64. The Bertz CT molecular complexity index is 688. The lowest BCUT2D eigenvalue weighted by Crippen LogP contribution is -2.41. The van der Waals surface area contributed by atoms with Gasteiger partial charge in [-0.25, -0.2) is 4.68 Å². The second-order valence-electron chi connectivity index (χ2n) is 10.2. The maximum absolute atomic E-state index is 12.7. The van der Waals surface area contributed by atoms with Gasteiger partial charge in [-0.3, -0.25) is 9.59 Å². The molecule has 2 rings (SSSR count). The van der Waals surface area contributed by atoms with Gasteiger partial charge in [-0.05, 0) is 39.5 Å². The first-order valence-corrected chi connectivity index (χ1v) is 9.98. The van der Waals surface area contributed by atoms with Gasteiger partial charge < -0.3 is 10.2 Å². The van der Waals surface area contributed by atoms with Crippen LogP contribution in [0.2, 0.25) is 0 Å². The number of nitrogens with zero attached hydrogens (tertiary/aromatic N) is 3. The van der Waals surface area contributed by atoms with Crippen LogP contribution in [0.3, 0.4) is 0 Å². The average molecular weight is 377 g/mol. The molecule has 0 unspecified atom stereocenters. The molecular formula is C21H36N4O2. The van der Waals surface area contributed by atoms with E-state index in [2.05, 4.69) is 60.7 Å². The van der Waals surface area contributed by atoms with Gasteiger partial charge in [0.05, 0.1) is 17.8 Å². The quantitative estimate of drug-likeness (QED) is 0.822. The highest BCUT2D eigenvalue weighted by Crippen LogP contribution is 2.31. The molecule has 1 saturated carbocycles. The van der Waals surface area contributed by atoms with E-state index in [9.17, 15) is 9.59 Å². The van der Waals surface area contributed by atoms with Crippen LogP contribution in [0.25, 0.3) is 0 Å². The molecule has 0 aliphatic heterocycles. The maximum Gasteiger partial charge on any atom is 0.245 e. The van der Waals surface area contributed by atoms with Crippen LogP contribution in [0.1, 0.15) is 73.9 Å². The van der Waals surface area contributed by atoms with Crippen molar-refractivity contribution in [3.8, 4) is 0 Å². The van der Waals surface area contributed by atoms with E-state index in [1.54, 1.807) is 4.90 Å². The number of nitrogens with one attached hydrogen (secondary N) is 1. The topological polar surface area (TPSA) is 67.2 Å². The van der Waals surface area contributed by atoms with Gasteiger partial charge in [0.2, 0.25) is 11.8 Å². The third kappa shape index (κ3) is 5.81. The zero-order chi connectivity index (χ0) is 20.6. The van der Waals surface area contributed by atoms with Gasteiger partial charge in [0.25, 0.3) is 0 Å². The monoisotopic (exact) mass is 376 g/mol. The number of anilines is 1. The molecule has 6 heteroatoms. The summed E-state index contributed by atoms with van der Waals surface area (Å²) in [6, 6.07) is 1.94. The van der Waals surface area contributed by atoms with Crippen molar-refractivity contribution in [3.05, 3.63) is 11.8 Å². The summed E-state index contributed by atoms with van der Waals surface area (Å²) in [5, 5.41) is 7.72. The Morgan fingerprint density at radius 2 is 1.81 bits per heavy atom. The van der Waals surface area contributed by atoms with Crippen molar-refractivity contribution in [1.29, 1.82) is 0 Å². The molecule has 1 fully saturated rings. The summed E-state index contributed by atoms with van der Waals surface area (Å²) < 4.78 is 1.86. The van der Waals surface area contributed by atoms with Crippen LogP contribution < -0.4 is 5.32 Å². The zero-order valence-electron chi connectivity index (χ0n) is 18.2. The molecule has 27 heavy (non-hydrogen) atoms. The number of carbonyl (C=O) groups is 2. The Kier molecular flexibility index (Phi) is 6.07. The number of hydrogen-bond acceptors (Lipinski definition) is 3. The van der Waals surface area contributed by atoms with Gasteiger partial charge in [0.1, 0.15) is 5.82 Å².